The molecule has 0 amide bonds. The molecule has 2 fully saturated rings. The van der Waals surface area contributed by atoms with Gasteiger partial charge in [-0.05, 0) is 18.2 Å². The fourth-order valence-corrected chi connectivity index (χ4v) is 5.11. The number of hydrogen-bond donors (Lipinski definition) is 11. The molecule has 0 bridgehead atoms. The molecule has 252 valence electrons. The molecule has 11 N–H and O–H groups in total. The summed E-state index contributed by atoms with van der Waals surface area (Å²) in [5.41, 5.74) is -1.56. The number of methoxy groups -OCH3 is 1. The number of aliphatic hydroxyl groups excluding tert-OH is 7. The fraction of sp³-hybridized carbons (Fsp3) is 0.464. The molecule has 2 aliphatic rings. The van der Waals surface area contributed by atoms with Crippen molar-refractivity contribution in [3.63, 3.8) is 0 Å². The number of ether oxygens (including phenoxy) is 5. The van der Waals surface area contributed by atoms with Gasteiger partial charge < -0.3 is 84.3 Å². The number of aliphatic hydroxyl groups is 7. The Labute approximate surface area is 257 Å². The third kappa shape index (κ3) is 5.86. The number of phenols is 4. The van der Waals surface area contributed by atoms with E-state index in [0.29, 0.717) is 0 Å². The van der Waals surface area contributed by atoms with Crippen molar-refractivity contribution in [2.24, 2.45) is 0 Å². The minimum Gasteiger partial charge on any atom is -0.504 e. The van der Waals surface area contributed by atoms with Crippen molar-refractivity contribution in [3.05, 3.63) is 34.5 Å². The molecule has 46 heavy (non-hydrogen) atoms. The second-order valence-corrected chi connectivity index (χ2v) is 10.6. The summed E-state index contributed by atoms with van der Waals surface area (Å²) in [6.45, 7) is -1.44. The molecule has 3 heterocycles. The molecular formula is C28H32O18. The predicted octanol–water partition coefficient (Wildman–Crippen LogP) is -2.71. The maximum atomic E-state index is 13.8. The van der Waals surface area contributed by atoms with Gasteiger partial charge in [0.25, 0.3) is 0 Å². The van der Waals surface area contributed by atoms with E-state index in [-0.39, 0.29) is 11.1 Å². The first kappa shape index (κ1) is 33.4. The van der Waals surface area contributed by atoms with Crippen LogP contribution in [0, 0.1) is 0 Å². The van der Waals surface area contributed by atoms with Crippen molar-refractivity contribution in [1.82, 2.24) is 0 Å². The average Bonchev–Trinajstić information content (AvgIpc) is 3.02. The summed E-state index contributed by atoms with van der Waals surface area (Å²) in [6.07, 6.45) is -17.6. The van der Waals surface area contributed by atoms with Crippen LogP contribution < -0.4 is 14.9 Å². The van der Waals surface area contributed by atoms with Gasteiger partial charge in [-0.25, -0.2) is 0 Å². The maximum Gasteiger partial charge on any atom is 0.239 e. The van der Waals surface area contributed by atoms with Crippen LogP contribution in [-0.2, 0) is 14.2 Å². The lowest BCUT2D eigenvalue weighted by atomic mass is 9.98. The summed E-state index contributed by atoms with van der Waals surface area (Å²) in [7, 11) is 1.11. The first-order valence-corrected chi connectivity index (χ1v) is 13.7. The van der Waals surface area contributed by atoms with Crippen LogP contribution in [0.25, 0.3) is 22.3 Å². The summed E-state index contributed by atoms with van der Waals surface area (Å²) in [5.74, 6) is -4.32. The molecule has 0 aliphatic carbocycles. The van der Waals surface area contributed by atoms with E-state index in [4.69, 9.17) is 28.1 Å². The highest BCUT2D eigenvalue weighted by atomic mass is 16.7. The summed E-state index contributed by atoms with van der Waals surface area (Å²) < 4.78 is 32.7. The predicted molar refractivity (Wildman–Crippen MR) is 148 cm³/mol. The molecule has 2 aliphatic heterocycles. The zero-order chi connectivity index (χ0) is 33.6. The Morgan fingerprint density at radius 3 is 2.00 bits per heavy atom. The van der Waals surface area contributed by atoms with Crippen molar-refractivity contribution in [3.8, 4) is 45.8 Å². The second-order valence-electron chi connectivity index (χ2n) is 10.6. The molecule has 1 aromatic heterocycles. The molecule has 2 saturated heterocycles. The Balaban J connectivity index is 1.50. The van der Waals surface area contributed by atoms with E-state index >= 15 is 0 Å². The quantitative estimate of drug-likeness (QED) is 0.110. The largest absolute Gasteiger partial charge is 0.504 e. The van der Waals surface area contributed by atoms with Crippen LogP contribution in [0.1, 0.15) is 0 Å². The monoisotopic (exact) mass is 656 g/mol. The molecule has 0 radical (unpaired) electrons. The van der Waals surface area contributed by atoms with Gasteiger partial charge in [-0.15, -0.1) is 0 Å². The van der Waals surface area contributed by atoms with E-state index in [0.717, 1.165) is 25.3 Å². The van der Waals surface area contributed by atoms with Crippen LogP contribution in [0.5, 0.6) is 34.5 Å². The highest BCUT2D eigenvalue weighted by molar-refractivity contribution is 5.91. The normalized spacial score (nSPS) is 31.6. The average molecular weight is 657 g/mol. The number of fused-ring (bicyclic) bond motifs is 1. The molecule has 0 saturated carbocycles. The first-order valence-electron chi connectivity index (χ1n) is 13.7. The third-order valence-corrected chi connectivity index (χ3v) is 7.67. The van der Waals surface area contributed by atoms with Crippen LogP contribution in [-0.4, -0.2) is 138 Å². The summed E-state index contributed by atoms with van der Waals surface area (Å²) in [6, 6.07) is 4.22. The Morgan fingerprint density at radius 2 is 1.37 bits per heavy atom. The van der Waals surface area contributed by atoms with Crippen molar-refractivity contribution in [1.29, 1.82) is 0 Å². The maximum absolute atomic E-state index is 13.8. The lowest BCUT2D eigenvalue weighted by Crippen LogP contribution is -2.62. The van der Waals surface area contributed by atoms with Gasteiger partial charge in [-0.1, -0.05) is 0 Å². The minimum atomic E-state index is -2.03. The van der Waals surface area contributed by atoms with Crippen molar-refractivity contribution in [2.45, 2.75) is 61.4 Å². The van der Waals surface area contributed by atoms with E-state index in [2.05, 4.69) is 0 Å². The molecule has 0 unspecified atom stereocenters. The van der Waals surface area contributed by atoms with Crippen molar-refractivity contribution in [2.75, 3.05) is 20.3 Å². The van der Waals surface area contributed by atoms with Crippen LogP contribution in [0.15, 0.2) is 33.5 Å². The van der Waals surface area contributed by atoms with Crippen LogP contribution >= 0.6 is 0 Å². The van der Waals surface area contributed by atoms with E-state index < -0.39 is 126 Å². The number of rotatable bonds is 8. The van der Waals surface area contributed by atoms with E-state index in [9.17, 15) is 61.0 Å². The first-order chi connectivity index (χ1) is 21.8. The van der Waals surface area contributed by atoms with E-state index in [1.807, 2.05) is 0 Å². The Bertz CT molecular complexity index is 1620. The zero-order valence-electron chi connectivity index (χ0n) is 23.8. The SMILES string of the molecule is COc1c(O)cc2oc(-c3ccc(O)c(O)c3)c(O[C@@H]3O[C@H](CO[C@@H]4O[C@H](CO)[C@@H](O)[C@H](O)[C@H]4O)[C@H](O)[C@H](O)[C@H]3O)c(=O)c2c1O. The molecule has 0 spiro atoms. The highest BCUT2D eigenvalue weighted by Gasteiger charge is 2.48. The van der Waals surface area contributed by atoms with Gasteiger partial charge in [0, 0.05) is 11.6 Å². The van der Waals surface area contributed by atoms with E-state index in [1.54, 1.807) is 0 Å². The molecule has 2 aromatic carbocycles. The Morgan fingerprint density at radius 1 is 0.739 bits per heavy atom. The molecule has 18 nitrogen and oxygen atoms in total. The van der Waals surface area contributed by atoms with Gasteiger partial charge in [0.05, 0.1) is 20.3 Å². The van der Waals surface area contributed by atoms with Gasteiger partial charge in [-0.3, -0.25) is 4.79 Å². The van der Waals surface area contributed by atoms with Crippen molar-refractivity contribution < 1.29 is 84.3 Å². The molecular weight excluding hydrogens is 624 g/mol. The van der Waals surface area contributed by atoms with Crippen LogP contribution in [0.4, 0.5) is 0 Å². The van der Waals surface area contributed by atoms with Gasteiger partial charge in [0.2, 0.25) is 23.2 Å². The lowest BCUT2D eigenvalue weighted by Gasteiger charge is -2.42. The summed E-state index contributed by atoms with van der Waals surface area (Å²) >= 11 is 0. The van der Waals surface area contributed by atoms with Crippen LogP contribution in [0.3, 0.4) is 0 Å². The van der Waals surface area contributed by atoms with Crippen LogP contribution in [0.2, 0.25) is 0 Å². The van der Waals surface area contributed by atoms with Gasteiger partial charge in [-0.2, -0.15) is 0 Å². The number of benzene rings is 2. The summed E-state index contributed by atoms with van der Waals surface area (Å²) in [4.78, 5) is 13.8. The zero-order valence-corrected chi connectivity index (χ0v) is 23.8. The van der Waals surface area contributed by atoms with Crippen molar-refractivity contribution >= 4 is 11.0 Å². The second kappa shape index (κ2) is 13.0. The third-order valence-electron chi connectivity index (χ3n) is 7.67. The fourth-order valence-electron chi connectivity index (χ4n) is 5.11. The van der Waals surface area contributed by atoms with Gasteiger partial charge >= 0.3 is 0 Å². The Hall–Kier alpha value is -3.95. The molecule has 18 heteroatoms. The molecule has 5 rings (SSSR count). The molecule has 10 atom stereocenters. The highest BCUT2D eigenvalue weighted by Crippen LogP contribution is 2.44. The van der Waals surface area contributed by atoms with Gasteiger partial charge in [0.1, 0.15) is 59.8 Å². The number of phenolic OH excluding ortho intramolecular Hbond substituents is 4. The van der Waals surface area contributed by atoms with Gasteiger partial charge in [0.15, 0.2) is 35.0 Å². The number of hydrogen-bond acceptors (Lipinski definition) is 18. The molecule has 3 aromatic rings. The summed E-state index contributed by atoms with van der Waals surface area (Å²) in [5, 5.41) is 112. The Kier molecular flexibility index (Phi) is 9.47. The van der Waals surface area contributed by atoms with E-state index in [1.165, 1.54) is 6.07 Å². The smallest absolute Gasteiger partial charge is 0.239 e. The topological polar surface area (TPSA) is 299 Å². The minimum absolute atomic E-state index is 0.0764. The lowest BCUT2D eigenvalue weighted by molar-refractivity contribution is -0.323. The standard InChI is InChI=1S/C28H32O18/c1-41-25-11(32)5-12-15(18(25)35)19(36)26(24(43-12)8-2-3-9(30)10(31)4-8)46-28-23(40)21(38)17(34)14(45-28)7-42-27-22(39)20(37)16(33)13(6-29)44-27/h2-5,13-14,16-17,20-23,27-35,37-40H,6-7H2,1H3/t13-,14-,16-,17+,20+,21+,22-,23-,27-,28+/m1/s1. The number of aromatic hydroxyl groups is 4.